The smallest absolute Gasteiger partial charge is 0.227 e. The summed E-state index contributed by atoms with van der Waals surface area (Å²) in [5.41, 5.74) is 1.43. The zero-order valence-electron chi connectivity index (χ0n) is 12.1. The van der Waals surface area contributed by atoms with E-state index in [0.717, 1.165) is 5.56 Å². The fourth-order valence-electron chi connectivity index (χ4n) is 1.98. The summed E-state index contributed by atoms with van der Waals surface area (Å²) < 4.78 is 5.15. The number of nitrogens with one attached hydrogen (secondary N) is 1. The van der Waals surface area contributed by atoms with E-state index >= 15 is 0 Å². The largest absolute Gasteiger partial charge is 0.339 e. The number of hydrogen-bond donors (Lipinski definition) is 1. The second-order valence-corrected chi connectivity index (χ2v) is 5.25. The van der Waals surface area contributed by atoms with Crippen LogP contribution in [0.5, 0.6) is 0 Å². The van der Waals surface area contributed by atoms with E-state index in [1.807, 2.05) is 6.07 Å². The van der Waals surface area contributed by atoms with Crippen molar-refractivity contribution in [3.63, 3.8) is 0 Å². The van der Waals surface area contributed by atoms with Crippen molar-refractivity contribution in [2.45, 2.75) is 12.8 Å². The number of aryl methyl sites for hydroxylation is 1. The number of carbonyl (C=O) groups excluding carboxylic acids is 1. The molecule has 0 fully saturated rings. The summed E-state index contributed by atoms with van der Waals surface area (Å²) in [6, 6.07) is 10.6. The van der Waals surface area contributed by atoms with Crippen LogP contribution in [0.2, 0.25) is 5.02 Å². The molecule has 1 N–H and O–H groups in total. The molecule has 3 aromatic rings. The maximum Gasteiger partial charge on any atom is 0.227 e. The summed E-state index contributed by atoms with van der Waals surface area (Å²) in [5.74, 6) is 0.724. The van der Waals surface area contributed by atoms with E-state index in [2.05, 4.69) is 20.4 Å². The molecule has 0 bridgehead atoms. The van der Waals surface area contributed by atoms with Crippen LogP contribution in [0.25, 0.3) is 11.4 Å². The molecule has 0 unspecified atom stereocenters. The number of carbonyl (C=O) groups is 1. The third-order valence-corrected chi connectivity index (χ3v) is 3.30. The number of rotatable bonds is 5. The molecule has 6 nitrogen and oxygen atoms in total. The lowest BCUT2D eigenvalue weighted by molar-refractivity contribution is -0.116. The average Bonchev–Trinajstić information content (AvgIpc) is 3.03. The molecule has 0 aliphatic rings. The van der Waals surface area contributed by atoms with Gasteiger partial charge in [0.15, 0.2) is 0 Å². The normalized spacial score (nSPS) is 10.5. The molecule has 0 radical (unpaired) electrons. The second kappa shape index (κ2) is 7.02. The van der Waals surface area contributed by atoms with Crippen molar-refractivity contribution < 1.29 is 9.32 Å². The maximum atomic E-state index is 11.9. The van der Waals surface area contributed by atoms with E-state index in [4.69, 9.17) is 16.1 Å². The zero-order chi connectivity index (χ0) is 16.1. The SMILES string of the molecule is O=C(CCc1nc(-c2cccnc2)no1)Nc1cccc(Cl)c1. The number of aromatic nitrogens is 3. The van der Waals surface area contributed by atoms with Gasteiger partial charge >= 0.3 is 0 Å². The number of amides is 1. The fourth-order valence-corrected chi connectivity index (χ4v) is 2.17. The summed E-state index contributed by atoms with van der Waals surface area (Å²) in [4.78, 5) is 20.2. The summed E-state index contributed by atoms with van der Waals surface area (Å²) in [5, 5.41) is 7.22. The van der Waals surface area contributed by atoms with E-state index in [-0.39, 0.29) is 12.3 Å². The minimum Gasteiger partial charge on any atom is -0.339 e. The zero-order valence-corrected chi connectivity index (χ0v) is 12.8. The Labute approximate surface area is 137 Å². The molecular weight excluding hydrogens is 316 g/mol. The van der Waals surface area contributed by atoms with E-state index in [0.29, 0.717) is 28.8 Å². The lowest BCUT2D eigenvalue weighted by atomic mass is 10.2. The molecule has 116 valence electrons. The van der Waals surface area contributed by atoms with Crippen LogP contribution in [-0.2, 0) is 11.2 Å². The Morgan fingerprint density at radius 2 is 2.17 bits per heavy atom. The minimum absolute atomic E-state index is 0.145. The van der Waals surface area contributed by atoms with Crippen molar-refractivity contribution in [3.05, 3.63) is 59.7 Å². The van der Waals surface area contributed by atoms with Crippen LogP contribution in [0, 0.1) is 0 Å². The Kier molecular flexibility index (Phi) is 4.63. The molecule has 0 aliphatic heterocycles. The second-order valence-electron chi connectivity index (χ2n) is 4.81. The first-order valence-electron chi connectivity index (χ1n) is 6.99. The van der Waals surface area contributed by atoms with Gasteiger partial charge in [0.2, 0.25) is 17.6 Å². The number of hydrogen-bond acceptors (Lipinski definition) is 5. The van der Waals surface area contributed by atoms with Crippen LogP contribution < -0.4 is 5.32 Å². The first kappa shape index (κ1) is 15.2. The summed E-state index contributed by atoms with van der Waals surface area (Å²) >= 11 is 5.87. The van der Waals surface area contributed by atoms with Gasteiger partial charge in [0, 0.05) is 41.5 Å². The van der Waals surface area contributed by atoms with Crippen LogP contribution >= 0.6 is 11.6 Å². The third kappa shape index (κ3) is 4.14. The lowest BCUT2D eigenvalue weighted by Crippen LogP contribution is -2.12. The van der Waals surface area contributed by atoms with E-state index < -0.39 is 0 Å². The van der Waals surface area contributed by atoms with Gasteiger partial charge in [-0.25, -0.2) is 0 Å². The first-order chi connectivity index (χ1) is 11.2. The molecule has 0 saturated heterocycles. The van der Waals surface area contributed by atoms with Gasteiger partial charge in [-0.15, -0.1) is 0 Å². The molecule has 3 rings (SSSR count). The Morgan fingerprint density at radius 1 is 1.26 bits per heavy atom. The molecule has 23 heavy (non-hydrogen) atoms. The molecule has 7 heteroatoms. The van der Waals surface area contributed by atoms with Gasteiger partial charge in [0.1, 0.15) is 0 Å². The van der Waals surface area contributed by atoms with Crippen LogP contribution in [0.1, 0.15) is 12.3 Å². The highest BCUT2D eigenvalue weighted by molar-refractivity contribution is 6.30. The standard InChI is InChI=1S/C16H13ClN4O2/c17-12-4-1-5-13(9-12)19-14(22)6-7-15-20-16(21-23-15)11-3-2-8-18-10-11/h1-5,8-10H,6-7H2,(H,19,22). The van der Waals surface area contributed by atoms with Crippen LogP contribution in [0.3, 0.4) is 0 Å². The Hall–Kier alpha value is -2.73. The van der Waals surface area contributed by atoms with Crippen LogP contribution in [0.15, 0.2) is 53.3 Å². The molecule has 2 heterocycles. The van der Waals surface area contributed by atoms with E-state index in [9.17, 15) is 4.79 Å². The van der Waals surface area contributed by atoms with E-state index in [1.54, 1.807) is 42.7 Å². The highest BCUT2D eigenvalue weighted by Crippen LogP contribution is 2.16. The van der Waals surface area contributed by atoms with Crippen LogP contribution in [0.4, 0.5) is 5.69 Å². The average molecular weight is 329 g/mol. The number of anilines is 1. The third-order valence-electron chi connectivity index (χ3n) is 3.06. The summed E-state index contributed by atoms with van der Waals surface area (Å²) in [7, 11) is 0. The first-order valence-corrected chi connectivity index (χ1v) is 7.37. The summed E-state index contributed by atoms with van der Waals surface area (Å²) in [6.07, 6.45) is 3.92. The molecule has 2 aromatic heterocycles. The molecular formula is C16H13ClN4O2. The Morgan fingerprint density at radius 3 is 2.96 bits per heavy atom. The molecule has 0 aliphatic carbocycles. The molecule has 0 spiro atoms. The highest BCUT2D eigenvalue weighted by atomic mass is 35.5. The van der Waals surface area contributed by atoms with Crippen molar-refractivity contribution >= 4 is 23.2 Å². The maximum absolute atomic E-state index is 11.9. The molecule has 0 saturated carbocycles. The van der Waals surface area contributed by atoms with Crippen LogP contribution in [-0.4, -0.2) is 21.0 Å². The van der Waals surface area contributed by atoms with Gasteiger partial charge in [-0.2, -0.15) is 4.98 Å². The van der Waals surface area contributed by atoms with Crippen molar-refractivity contribution in [1.82, 2.24) is 15.1 Å². The Bertz CT molecular complexity index is 805. The van der Waals surface area contributed by atoms with Crippen molar-refractivity contribution in [1.29, 1.82) is 0 Å². The van der Waals surface area contributed by atoms with Crippen molar-refractivity contribution in [2.24, 2.45) is 0 Å². The van der Waals surface area contributed by atoms with E-state index in [1.165, 1.54) is 0 Å². The van der Waals surface area contributed by atoms with Gasteiger partial charge < -0.3 is 9.84 Å². The quantitative estimate of drug-likeness (QED) is 0.776. The monoisotopic (exact) mass is 328 g/mol. The topological polar surface area (TPSA) is 80.9 Å². The summed E-state index contributed by atoms with van der Waals surface area (Å²) in [6.45, 7) is 0. The fraction of sp³-hybridized carbons (Fsp3) is 0.125. The molecule has 0 atom stereocenters. The number of pyridine rings is 1. The Balaban J connectivity index is 1.56. The van der Waals surface area contributed by atoms with Gasteiger partial charge in [-0.1, -0.05) is 22.8 Å². The molecule has 1 aromatic carbocycles. The van der Waals surface area contributed by atoms with Gasteiger partial charge in [0.25, 0.3) is 0 Å². The van der Waals surface area contributed by atoms with Gasteiger partial charge in [0.05, 0.1) is 0 Å². The van der Waals surface area contributed by atoms with Gasteiger partial charge in [-0.3, -0.25) is 9.78 Å². The minimum atomic E-state index is -0.145. The number of benzene rings is 1. The van der Waals surface area contributed by atoms with Crippen molar-refractivity contribution in [2.75, 3.05) is 5.32 Å². The predicted octanol–water partition coefficient (Wildman–Crippen LogP) is 3.36. The predicted molar refractivity (Wildman–Crippen MR) is 85.9 cm³/mol. The highest BCUT2D eigenvalue weighted by Gasteiger charge is 2.11. The van der Waals surface area contributed by atoms with Crippen molar-refractivity contribution in [3.8, 4) is 11.4 Å². The molecule has 1 amide bonds. The number of halogens is 1. The lowest BCUT2D eigenvalue weighted by Gasteiger charge is -2.04. The van der Waals surface area contributed by atoms with Gasteiger partial charge in [-0.05, 0) is 30.3 Å². The number of nitrogens with zero attached hydrogens (tertiary/aromatic N) is 3.